The number of hydrogen-bond donors (Lipinski definition) is 4. The minimum atomic E-state index is -0.504. The summed E-state index contributed by atoms with van der Waals surface area (Å²) in [7, 11) is 0. The molecule has 8 heteroatoms. The Balaban J connectivity index is 1.24. The second kappa shape index (κ2) is 10.4. The smallest absolute Gasteiger partial charge is 0.374 e. The first-order valence-corrected chi connectivity index (χ1v) is 11.5. The van der Waals surface area contributed by atoms with Crippen molar-refractivity contribution in [2.45, 2.75) is 39.2 Å². The monoisotopic (exact) mass is 462 g/mol. The van der Waals surface area contributed by atoms with Gasteiger partial charge in [-0.3, -0.25) is 4.79 Å². The van der Waals surface area contributed by atoms with Crippen LogP contribution in [0.15, 0.2) is 53.1 Å². The van der Waals surface area contributed by atoms with Crippen LogP contribution < -0.4 is 16.4 Å². The van der Waals surface area contributed by atoms with Crippen molar-refractivity contribution in [2.24, 2.45) is 0 Å². The summed E-state index contributed by atoms with van der Waals surface area (Å²) in [5.41, 5.74) is 10.2. The van der Waals surface area contributed by atoms with Gasteiger partial charge >= 0.3 is 5.97 Å². The van der Waals surface area contributed by atoms with Crippen LogP contribution in [-0.2, 0) is 16.0 Å². The van der Waals surface area contributed by atoms with Crippen LogP contribution in [0, 0.1) is 0 Å². The van der Waals surface area contributed by atoms with Crippen molar-refractivity contribution in [3.63, 3.8) is 0 Å². The molecule has 0 radical (unpaired) electrons. The zero-order chi connectivity index (χ0) is 24.1. The Morgan fingerprint density at radius 3 is 2.82 bits per heavy atom. The molecule has 4 aromatic rings. The molecule has 0 saturated carbocycles. The number of anilines is 2. The quantitative estimate of drug-likeness (QED) is 0.155. The summed E-state index contributed by atoms with van der Waals surface area (Å²) in [6.45, 7) is 4.60. The summed E-state index contributed by atoms with van der Waals surface area (Å²) in [6, 6.07) is 12.4. The lowest BCUT2D eigenvalue weighted by Crippen LogP contribution is -2.38. The molecule has 1 amide bonds. The fraction of sp³-hybridized carbons (Fsp3) is 0.308. The molecule has 0 spiro atoms. The van der Waals surface area contributed by atoms with Crippen molar-refractivity contribution in [2.75, 3.05) is 24.2 Å². The van der Waals surface area contributed by atoms with Crippen molar-refractivity contribution in [1.82, 2.24) is 10.3 Å². The fourth-order valence-corrected chi connectivity index (χ4v) is 3.93. The van der Waals surface area contributed by atoms with E-state index in [4.69, 9.17) is 14.9 Å². The van der Waals surface area contributed by atoms with Gasteiger partial charge in [0.25, 0.3) is 0 Å². The van der Waals surface area contributed by atoms with E-state index in [1.807, 2.05) is 31.3 Å². The minimum Gasteiger partial charge on any atom is -0.460 e. The molecule has 0 saturated heterocycles. The Morgan fingerprint density at radius 1 is 1.15 bits per heavy atom. The largest absolute Gasteiger partial charge is 0.460 e. The van der Waals surface area contributed by atoms with Gasteiger partial charge in [-0.2, -0.15) is 0 Å². The Hall–Kier alpha value is -3.78. The van der Waals surface area contributed by atoms with Crippen LogP contribution in [0.5, 0.6) is 0 Å². The number of esters is 1. The number of unbranched alkanes of at least 4 members (excludes halogenated alkanes) is 1. The molecule has 1 unspecified atom stereocenters. The number of nitrogens with one attached hydrogen (secondary N) is 3. The number of amides is 1. The number of carbonyl (C=O) groups excluding carboxylic acids is 2. The minimum absolute atomic E-state index is 0.124. The number of nitrogens with two attached hydrogens (primary N) is 1. The molecule has 0 aliphatic rings. The van der Waals surface area contributed by atoms with Crippen LogP contribution in [0.25, 0.3) is 21.9 Å². The van der Waals surface area contributed by atoms with Crippen LogP contribution >= 0.6 is 0 Å². The number of nitrogen functional groups attached to an aromatic ring is 1. The van der Waals surface area contributed by atoms with Crippen LogP contribution in [-0.4, -0.2) is 36.1 Å². The molecular weight excluding hydrogens is 432 g/mol. The standard InChI is InChI=1S/C26H30N4O4/c1-3-33-26(32)24-13-18-12-20(8-10-23(18)34-24)30-25(31)16(2)28-11-5-4-6-17-15-29-22-9-7-19(27)14-21(17)22/h7-10,12-16,28-29H,3-6,11,27H2,1-2H3,(H,30,31). The van der Waals surface area contributed by atoms with E-state index in [2.05, 4.69) is 15.6 Å². The predicted octanol–water partition coefficient (Wildman–Crippen LogP) is 4.61. The van der Waals surface area contributed by atoms with E-state index < -0.39 is 5.97 Å². The van der Waals surface area contributed by atoms with Gasteiger partial charge in [0, 0.05) is 33.9 Å². The normalized spacial score (nSPS) is 12.2. The Bertz CT molecular complexity index is 1310. The SMILES string of the molecule is CCOC(=O)c1cc2cc(NC(=O)C(C)NCCCCc3c[nH]c4ccc(N)cc34)ccc2o1. The van der Waals surface area contributed by atoms with Crippen molar-refractivity contribution >= 4 is 45.1 Å². The number of ether oxygens (including phenoxy) is 1. The maximum Gasteiger partial charge on any atom is 0.374 e. The number of fused-ring (bicyclic) bond motifs is 2. The number of rotatable bonds is 10. The zero-order valence-corrected chi connectivity index (χ0v) is 19.4. The van der Waals surface area contributed by atoms with Crippen LogP contribution in [0.3, 0.4) is 0 Å². The second-order valence-corrected chi connectivity index (χ2v) is 8.32. The van der Waals surface area contributed by atoms with Gasteiger partial charge in [-0.1, -0.05) is 0 Å². The van der Waals surface area contributed by atoms with Gasteiger partial charge in [-0.25, -0.2) is 4.79 Å². The first kappa shape index (κ1) is 23.4. The third-order valence-corrected chi connectivity index (χ3v) is 5.77. The molecule has 4 rings (SSSR count). The molecule has 178 valence electrons. The highest BCUT2D eigenvalue weighted by Gasteiger charge is 2.15. The summed E-state index contributed by atoms with van der Waals surface area (Å²) in [4.78, 5) is 27.7. The number of hydrogen-bond acceptors (Lipinski definition) is 6. The van der Waals surface area contributed by atoms with E-state index in [0.29, 0.717) is 11.3 Å². The predicted molar refractivity (Wildman–Crippen MR) is 134 cm³/mol. The van der Waals surface area contributed by atoms with Crippen LogP contribution in [0.4, 0.5) is 11.4 Å². The highest BCUT2D eigenvalue weighted by Crippen LogP contribution is 2.24. The van der Waals surface area contributed by atoms with E-state index in [0.717, 1.165) is 42.4 Å². The summed E-state index contributed by atoms with van der Waals surface area (Å²) < 4.78 is 10.5. The van der Waals surface area contributed by atoms with Gasteiger partial charge in [0.2, 0.25) is 11.7 Å². The molecular formula is C26H30N4O4. The Morgan fingerprint density at radius 2 is 2.00 bits per heavy atom. The van der Waals surface area contributed by atoms with Crippen molar-refractivity contribution in [1.29, 1.82) is 0 Å². The molecule has 0 bridgehead atoms. The maximum absolute atomic E-state index is 12.6. The molecule has 34 heavy (non-hydrogen) atoms. The number of H-pyrrole nitrogens is 1. The van der Waals surface area contributed by atoms with Gasteiger partial charge in [0.1, 0.15) is 5.58 Å². The lowest BCUT2D eigenvalue weighted by molar-refractivity contribution is -0.117. The molecule has 0 aliphatic carbocycles. The van der Waals surface area contributed by atoms with E-state index in [1.54, 1.807) is 31.2 Å². The summed E-state index contributed by atoms with van der Waals surface area (Å²) in [5, 5.41) is 8.08. The number of aromatic nitrogens is 1. The van der Waals surface area contributed by atoms with Gasteiger partial charge in [0.15, 0.2) is 0 Å². The molecule has 0 aliphatic heterocycles. The zero-order valence-electron chi connectivity index (χ0n) is 19.4. The maximum atomic E-state index is 12.6. The first-order valence-electron chi connectivity index (χ1n) is 11.5. The van der Waals surface area contributed by atoms with Crippen molar-refractivity contribution < 1.29 is 18.7 Å². The second-order valence-electron chi connectivity index (χ2n) is 8.32. The fourth-order valence-electron chi connectivity index (χ4n) is 3.93. The molecule has 5 N–H and O–H groups in total. The number of carbonyl (C=O) groups is 2. The van der Waals surface area contributed by atoms with E-state index >= 15 is 0 Å². The molecule has 1 atom stereocenters. The van der Waals surface area contributed by atoms with Crippen LogP contribution in [0.2, 0.25) is 0 Å². The summed E-state index contributed by atoms with van der Waals surface area (Å²) in [6.07, 6.45) is 4.94. The molecule has 2 heterocycles. The molecule has 8 nitrogen and oxygen atoms in total. The Labute approximate surface area is 197 Å². The average molecular weight is 463 g/mol. The number of furan rings is 1. The van der Waals surface area contributed by atoms with Crippen molar-refractivity contribution in [3.8, 4) is 0 Å². The van der Waals surface area contributed by atoms with E-state index in [-0.39, 0.29) is 24.3 Å². The Kier molecular flexibility index (Phi) is 7.18. The lowest BCUT2D eigenvalue weighted by Gasteiger charge is -2.14. The van der Waals surface area contributed by atoms with Crippen molar-refractivity contribution in [3.05, 3.63) is 60.0 Å². The van der Waals surface area contributed by atoms with E-state index in [1.165, 1.54) is 10.9 Å². The molecule has 2 aromatic carbocycles. The first-order chi connectivity index (χ1) is 16.4. The number of benzene rings is 2. The van der Waals surface area contributed by atoms with Gasteiger partial charge in [-0.15, -0.1) is 0 Å². The highest BCUT2D eigenvalue weighted by molar-refractivity contribution is 5.98. The van der Waals surface area contributed by atoms with E-state index in [9.17, 15) is 9.59 Å². The van der Waals surface area contributed by atoms with Gasteiger partial charge < -0.3 is 30.5 Å². The lowest BCUT2D eigenvalue weighted by atomic mass is 10.1. The summed E-state index contributed by atoms with van der Waals surface area (Å²) >= 11 is 0. The number of aromatic amines is 1. The summed E-state index contributed by atoms with van der Waals surface area (Å²) in [5.74, 6) is -0.483. The van der Waals surface area contributed by atoms with Crippen LogP contribution in [0.1, 0.15) is 42.8 Å². The third-order valence-electron chi connectivity index (χ3n) is 5.77. The number of aryl methyl sites for hydroxylation is 1. The average Bonchev–Trinajstić information content (AvgIpc) is 3.42. The van der Waals surface area contributed by atoms with Gasteiger partial charge in [-0.05, 0) is 87.7 Å². The third kappa shape index (κ3) is 5.40. The topological polar surface area (TPSA) is 122 Å². The molecule has 0 fully saturated rings. The van der Waals surface area contributed by atoms with Gasteiger partial charge in [0.05, 0.1) is 12.6 Å². The molecule has 2 aromatic heterocycles. The highest BCUT2D eigenvalue weighted by atomic mass is 16.5.